The standard InChI is InChI=1S/C19H21N3O2/c23-18-12-24-19(13-21-18)8-10-22(14-19)11-15-4-6-16(7-5-15)17-3-1-2-9-20-17/h1-7,9H,8,10-14H2,(H,21,23). The number of nitrogens with one attached hydrogen (secondary N) is 1. The second-order valence-corrected chi connectivity index (χ2v) is 6.62. The van der Waals surface area contributed by atoms with Crippen molar-refractivity contribution in [3.05, 3.63) is 54.2 Å². The molecule has 2 saturated heterocycles. The van der Waals surface area contributed by atoms with Crippen molar-refractivity contribution in [2.24, 2.45) is 0 Å². The molecule has 1 amide bonds. The molecule has 1 spiro atoms. The van der Waals surface area contributed by atoms with Gasteiger partial charge in [0.1, 0.15) is 6.61 Å². The molecule has 2 aromatic rings. The van der Waals surface area contributed by atoms with Gasteiger partial charge in [-0.2, -0.15) is 0 Å². The molecule has 1 aromatic carbocycles. The maximum absolute atomic E-state index is 11.3. The van der Waals surface area contributed by atoms with E-state index in [2.05, 4.69) is 39.5 Å². The fraction of sp³-hybridized carbons (Fsp3) is 0.368. The number of ether oxygens (including phenoxy) is 1. The zero-order valence-corrected chi connectivity index (χ0v) is 13.6. The number of carbonyl (C=O) groups is 1. The van der Waals surface area contributed by atoms with Crippen LogP contribution in [-0.2, 0) is 16.1 Å². The predicted molar refractivity (Wildman–Crippen MR) is 91.3 cm³/mol. The highest BCUT2D eigenvalue weighted by atomic mass is 16.5. The molecular weight excluding hydrogens is 302 g/mol. The van der Waals surface area contributed by atoms with Crippen LogP contribution in [0.25, 0.3) is 11.3 Å². The smallest absolute Gasteiger partial charge is 0.246 e. The van der Waals surface area contributed by atoms with E-state index in [4.69, 9.17) is 4.74 Å². The van der Waals surface area contributed by atoms with Gasteiger partial charge in [0.2, 0.25) is 5.91 Å². The summed E-state index contributed by atoms with van der Waals surface area (Å²) in [5.74, 6) is -0.0100. The van der Waals surface area contributed by atoms with E-state index in [-0.39, 0.29) is 18.1 Å². The second-order valence-electron chi connectivity index (χ2n) is 6.62. The summed E-state index contributed by atoms with van der Waals surface area (Å²) >= 11 is 0. The SMILES string of the molecule is O=C1COC2(CCN(Cc3ccc(-c4ccccn4)cc3)C2)CN1. The number of benzene rings is 1. The molecule has 2 aliphatic heterocycles. The van der Waals surface area contributed by atoms with Crippen molar-refractivity contribution >= 4 is 5.91 Å². The minimum Gasteiger partial charge on any atom is -0.362 e. The summed E-state index contributed by atoms with van der Waals surface area (Å²) in [6, 6.07) is 14.5. The van der Waals surface area contributed by atoms with E-state index >= 15 is 0 Å². The van der Waals surface area contributed by atoms with Crippen LogP contribution < -0.4 is 5.32 Å². The topological polar surface area (TPSA) is 54.5 Å². The molecule has 24 heavy (non-hydrogen) atoms. The van der Waals surface area contributed by atoms with Gasteiger partial charge in [-0.15, -0.1) is 0 Å². The number of likely N-dealkylation sites (tertiary alicyclic amines) is 1. The molecule has 5 nitrogen and oxygen atoms in total. The fourth-order valence-corrected chi connectivity index (χ4v) is 3.48. The lowest BCUT2D eigenvalue weighted by atomic mass is 10.0. The molecule has 0 radical (unpaired) electrons. The second kappa shape index (κ2) is 6.34. The van der Waals surface area contributed by atoms with E-state index in [9.17, 15) is 4.79 Å². The van der Waals surface area contributed by atoms with Crippen LogP contribution in [0.4, 0.5) is 0 Å². The van der Waals surface area contributed by atoms with Crippen molar-refractivity contribution in [1.82, 2.24) is 15.2 Å². The molecule has 2 aliphatic rings. The zero-order valence-electron chi connectivity index (χ0n) is 13.6. The summed E-state index contributed by atoms with van der Waals surface area (Å²) in [4.78, 5) is 18.0. The highest BCUT2D eigenvalue weighted by Gasteiger charge is 2.41. The Morgan fingerprint density at radius 2 is 2.08 bits per heavy atom. The van der Waals surface area contributed by atoms with Gasteiger partial charge in [0.15, 0.2) is 0 Å². The number of rotatable bonds is 3. The lowest BCUT2D eigenvalue weighted by Gasteiger charge is -2.33. The van der Waals surface area contributed by atoms with Gasteiger partial charge in [-0.25, -0.2) is 0 Å². The molecular formula is C19H21N3O2. The van der Waals surface area contributed by atoms with Crippen LogP contribution in [0.1, 0.15) is 12.0 Å². The number of carbonyl (C=O) groups excluding carboxylic acids is 1. The van der Waals surface area contributed by atoms with Gasteiger partial charge in [-0.1, -0.05) is 30.3 Å². The Labute approximate surface area is 141 Å². The molecule has 1 N–H and O–H groups in total. The first-order chi connectivity index (χ1) is 11.7. The molecule has 3 heterocycles. The highest BCUT2D eigenvalue weighted by Crippen LogP contribution is 2.28. The van der Waals surface area contributed by atoms with Crippen LogP contribution in [0.2, 0.25) is 0 Å². The zero-order chi connectivity index (χ0) is 16.4. The summed E-state index contributed by atoms with van der Waals surface area (Å²) in [7, 11) is 0. The lowest BCUT2D eigenvalue weighted by Crippen LogP contribution is -2.53. The van der Waals surface area contributed by atoms with Crippen LogP contribution in [0.15, 0.2) is 48.7 Å². The van der Waals surface area contributed by atoms with Crippen molar-refractivity contribution in [3.63, 3.8) is 0 Å². The molecule has 1 unspecified atom stereocenters. The van der Waals surface area contributed by atoms with Crippen molar-refractivity contribution in [2.45, 2.75) is 18.6 Å². The molecule has 1 atom stereocenters. The predicted octanol–water partition coefficient (Wildman–Crippen LogP) is 1.84. The number of morpholine rings is 1. The molecule has 124 valence electrons. The summed E-state index contributed by atoms with van der Waals surface area (Å²) in [5.41, 5.74) is 3.22. The van der Waals surface area contributed by atoms with Crippen LogP contribution in [0.3, 0.4) is 0 Å². The van der Waals surface area contributed by atoms with Gasteiger partial charge in [0.05, 0.1) is 11.3 Å². The first kappa shape index (κ1) is 15.3. The Hall–Kier alpha value is -2.24. The van der Waals surface area contributed by atoms with Crippen LogP contribution in [0, 0.1) is 0 Å². The van der Waals surface area contributed by atoms with E-state index in [1.165, 1.54) is 5.56 Å². The van der Waals surface area contributed by atoms with E-state index < -0.39 is 0 Å². The number of nitrogens with zero attached hydrogens (tertiary/aromatic N) is 2. The van der Waals surface area contributed by atoms with Crippen molar-refractivity contribution < 1.29 is 9.53 Å². The Balaban J connectivity index is 1.39. The van der Waals surface area contributed by atoms with Crippen LogP contribution >= 0.6 is 0 Å². The normalized spacial score (nSPS) is 24.2. The third kappa shape index (κ3) is 3.18. The first-order valence-corrected chi connectivity index (χ1v) is 8.36. The molecule has 1 aromatic heterocycles. The van der Waals surface area contributed by atoms with Gasteiger partial charge in [0, 0.05) is 37.9 Å². The number of hydrogen-bond acceptors (Lipinski definition) is 4. The van der Waals surface area contributed by atoms with Gasteiger partial charge in [-0.3, -0.25) is 14.7 Å². The van der Waals surface area contributed by atoms with Crippen LogP contribution in [0.5, 0.6) is 0 Å². The lowest BCUT2D eigenvalue weighted by molar-refractivity contribution is -0.142. The number of pyridine rings is 1. The van der Waals surface area contributed by atoms with Gasteiger partial charge < -0.3 is 10.1 Å². The van der Waals surface area contributed by atoms with E-state index in [0.717, 1.165) is 37.3 Å². The Morgan fingerprint density at radius 1 is 1.21 bits per heavy atom. The van der Waals surface area contributed by atoms with Crippen molar-refractivity contribution in [2.75, 3.05) is 26.2 Å². The molecule has 4 rings (SSSR count). The Morgan fingerprint density at radius 3 is 2.79 bits per heavy atom. The highest BCUT2D eigenvalue weighted by molar-refractivity contribution is 5.78. The van der Waals surface area contributed by atoms with Crippen LogP contribution in [-0.4, -0.2) is 47.6 Å². The van der Waals surface area contributed by atoms with Crippen molar-refractivity contribution in [1.29, 1.82) is 0 Å². The third-order valence-electron chi connectivity index (χ3n) is 4.83. The number of aromatic nitrogens is 1. The molecule has 2 fully saturated rings. The minimum atomic E-state index is -0.193. The van der Waals surface area contributed by atoms with E-state index in [1.807, 2.05) is 24.4 Å². The largest absolute Gasteiger partial charge is 0.362 e. The monoisotopic (exact) mass is 323 g/mol. The van der Waals surface area contributed by atoms with E-state index in [1.54, 1.807) is 0 Å². The first-order valence-electron chi connectivity index (χ1n) is 8.36. The summed E-state index contributed by atoms with van der Waals surface area (Å²) in [6.45, 7) is 3.59. The van der Waals surface area contributed by atoms with Crippen molar-refractivity contribution in [3.8, 4) is 11.3 Å². The Bertz CT molecular complexity index is 705. The number of hydrogen-bond donors (Lipinski definition) is 1. The molecule has 0 bridgehead atoms. The third-order valence-corrected chi connectivity index (χ3v) is 4.83. The van der Waals surface area contributed by atoms with Gasteiger partial charge in [0.25, 0.3) is 0 Å². The summed E-state index contributed by atoms with van der Waals surface area (Å²) in [5, 5.41) is 2.93. The number of amides is 1. The summed E-state index contributed by atoms with van der Waals surface area (Å²) < 4.78 is 5.82. The van der Waals surface area contributed by atoms with E-state index in [0.29, 0.717) is 6.54 Å². The quantitative estimate of drug-likeness (QED) is 0.936. The van der Waals surface area contributed by atoms with Gasteiger partial charge in [-0.05, 0) is 24.1 Å². The average Bonchev–Trinajstić information content (AvgIpc) is 3.02. The summed E-state index contributed by atoms with van der Waals surface area (Å²) in [6.07, 6.45) is 2.79. The molecule has 0 saturated carbocycles. The maximum atomic E-state index is 11.3. The maximum Gasteiger partial charge on any atom is 0.246 e. The minimum absolute atomic E-state index is 0.0100. The average molecular weight is 323 g/mol. The molecule has 0 aliphatic carbocycles. The molecule has 5 heteroatoms. The fourth-order valence-electron chi connectivity index (χ4n) is 3.48. The van der Waals surface area contributed by atoms with Gasteiger partial charge >= 0.3 is 0 Å². The Kier molecular flexibility index (Phi) is 4.04.